The van der Waals surface area contributed by atoms with Crippen LogP contribution < -0.4 is 5.32 Å². The number of nitrogens with one attached hydrogen (secondary N) is 1. The first kappa shape index (κ1) is 15.1. The number of aromatic nitrogens is 3. The fourth-order valence-corrected chi connectivity index (χ4v) is 2.90. The van der Waals surface area contributed by atoms with Crippen LogP contribution in [0.1, 0.15) is 22.6 Å². The van der Waals surface area contributed by atoms with E-state index in [-0.39, 0.29) is 18.1 Å². The summed E-state index contributed by atoms with van der Waals surface area (Å²) in [6, 6.07) is -0.0743. The predicted molar refractivity (Wildman–Crippen MR) is 80.6 cm³/mol. The average molecular weight is 322 g/mol. The number of amides is 1. The number of carbonyl (C=O) groups excluding carboxylic acids is 1. The lowest BCUT2D eigenvalue weighted by atomic mass is 10.1. The van der Waals surface area contributed by atoms with Crippen molar-refractivity contribution >= 4 is 17.2 Å². The molecule has 1 amide bonds. The molecule has 0 saturated carbocycles. The van der Waals surface area contributed by atoms with Gasteiger partial charge < -0.3 is 19.4 Å². The van der Waals surface area contributed by atoms with Crippen LogP contribution in [0.2, 0.25) is 0 Å². The first-order chi connectivity index (χ1) is 10.7. The van der Waals surface area contributed by atoms with E-state index < -0.39 is 0 Å². The Kier molecular flexibility index (Phi) is 4.81. The maximum atomic E-state index is 12.3. The van der Waals surface area contributed by atoms with Crippen molar-refractivity contribution in [3.63, 3.8) is 0 Å². The zero-order valence-electron chi connectivity index (χ0n) is 12.3. The maximum absolute atomic E-state index is 12.3. The molecule has 118 valence electrons. The summed E-state index contributed by atoms with van der Waals surface area (Å²) in [6.45, 7) is 1.52. The molecule has 3 heterocycles. The second-order valence-corrected chi connectivity index (χ2v) is 5.88. The predicted octanol–water partition coefficient (Wildman–Crippen LogP) is 0.981. The third kappa shape index (κ3) is 3.52. The highest BCUT2D eigenvalue weighted by Crippen LogP contribution is 2.15. The SMILES string of the molecule is Cn1cncc1C(=O)N[C@@H]1CCOC[C@H]1OCc1cscn1. The summed E-state index contributed by atoms with van der Waals surface area (Å²) in [5.41, 5.74) is 3.20. The molecule has 2 aromatic rings. The average Bonchev–Trinajstić information content (AvgIpc) is 3.17. The molecule has 22 heavy (non-hydrogen) atoms. The standard InChI is InChI=1S/C14H18N4O3S/c1-18-8-15-4-12(18)14(19)17-11-2-3-20-6-13(11)21-5-10-7-22-9-16-10/h4,7-9,11,13H,2-3,5-6H2,1H3,(H,17,19)/t11-,13-/m1/s1. The Morgan fingerprint density at radius 1 is 1.64 bits per heavy atom. The van der Waals surface area contributed by atoms with Crippen molar-refractivity contribution in [1.29, 1.82) is 0 Å². The van der Waals surface area contributed by atoms with Crippen molar-refractivity contribution in [2.24, 2.45) is 7.05 Å². The second kappa shape index (κ2) is 6.99. The van der Waals surface area contributed by atoms with E-state index in [0.717, 1.165) is 12.1 Å². The van der Waals surface area contributed by atoms with Gasteiger partial charge in [0, 0.05) is 19.0 Å². The number of imidazole rings is 1. The molecule has 1 aliphatic rings. The van der Waals surface area contributed by atoms with Gasteiger partial charge in [-0.1, -0.05) is 0 Å². The van der Waals surface area contributed by atoms with Gasteiger partial charge in [0.1, 0.15) is 11.8 Å². The first-order valence-electron chi connectivity index (χ1n) is 7.07. The van der Waals surface area contributed by atoms with Gasteiger partial charge in [0.15, 0.2) is 0 Å². The van der Waals surface area contributed by atoms with Gasteiger partial charge in [0.05, 0.1) is 43.0 Å². The molecule has 0 aromatic carbocycles. The van der Waals surface area contributed by atoms with Gasteiger partial charge >= 0.3 is 0 Å². The van der Waals surface area contributed by atoms with E-state index >= 15 is 0 Å². The highest BCUT2D eigenvalue weighted by atomic mass is 32.1. The van der Waals surface area contributed by atoms with Gasteiger partial charge in [-0.15, -0.1) is 11.3 Å². The quantitative estimate of drug-likeness (QED) is 0.888. The number of nitrogens with zero attached hydrogens (tertiary/aromatic N) is 3. The fraction of sp³-hybridized carbons (Fsp3) is 0.500. The minimum atomic E-state index is -0.173. The van der Waals surface area contributed by atoms with E-state index in [0.29, 0.717) is 25.5 Å². The molecule has 1 saturated heterocycles. The second-order valence-electron chi connectivity index (χ2n) is 5.16. The molecule has 1 fully saturated rings. The molecule has 2 aromatic heterocycles. The van der Waals surface area contributed by atoms with E-state index in [9.17, 15) is 4.79 Å². The van der Waals surface area contributed by atoms with Gasteiger partial charge in [-0.3, -0.25) is 4.79 Å². The summed E-state index contributed by atoms with van der Waals surface area (Å²) < 4.78 is 13.0. The third-order valence-corrected chi connectivity index (χ3v) is 4.23. The van der Waals surface area contributed by atoms with Crippen LogP contribution in [0, 0.1) is 0 Å². The van der Waals surface area contributed by atoms with Crippen LogP contribution in [0.5, 0.6) is 0 Å². The number of rotatable bonds is 5. The largest absolute Gasteiger partial charge is 0.379 e. The van der Waals surface area contributed by atoms with Crippen LogP contribution in [0.3, 0.4) is 0 Å². The van der Waals surface area contributed by atoms with Crippen LogP contribution in [-0.4, -0.2) is 45.8 Å². The Labute approximate surface area is 132 Å². The van der Waals surface area contributed by atoms with Gasteiger partial charge in [-0.25, -0.2) is 9.97 Å². The smallest absolute Gasteiger partial charge is 0.269 e. The third-order valence-electron chi connectivity index (χ3n) is 3.60. The molecule has 0 aliphatic carbocycles. The van der Waals surface area contributed by atoms with Crippen LogP contribution in [-0.2, 0) is 23.1 Å². The Balaban J connectivity index is 1.60. The van der Waals surface area contributed by atoms with Crippen molar-refractivity contribution in [2.75, 3.05) is 13.2 Å². The van der Waals surface area contributed by atoms with E-state index in [1.54, 1.807) is 29.6 Å². The highest BCUT2D eigenvalue weighted by Gasteiger charge is 2.29. The van der Waals surface area contributed by atoms with Crippen molar-refractivity contribution in [3.8, 4) is 0 Å². The van der Waals surface area contributed by atoms with Gasteiger partial charge in [-0.05, 0) is 6.42 Å². The number of thiazole rings is 1. The number of hydrogen-bond donors (Lipinski definition) is 1. The normalized spacial score (nSPS) is 21.7. The van der Waals surface area contributed by atoms with Crippen molar-refractivity contribution < 1.29 is 14.3 Å². The van der Waals surface area contributed by atoms with Gasteiger partial charge in [-0.2, -0.15) is 0 Å². The molecular weight excluding hydrogens is 304 g/mol. The maximum Gasteiger partial charge on any atom is 0.269 e. The van der Waals surface area contributed by atoms with Crippen molar-refractivity contribution in [2.45, 2.75) is 25.2 Å². The lowest BCUT2D eigenvalue weighted by Gasteiger charge is -2.31. The zero-order chi connectivity index (χ0) is 15.4. The van der Waals surface area contributed by atoms with E-state index in [1.807, 2.05) is 5.38 Å². The Hall–Kier alpha value is -1.77. The van der Waals surface area contributed by atoms with E-state index in [1.165, 1.54) is 11.3 Å². The Morgan fingerprint density at radius 2 is 2.55 bits per heavy atom. The summed E-state index contributed by atoms with van der Waals surface area (Å²) in [5, 5.41) is 4.97. The van der Waals surface area contributed by atoms with Crippen molar-refractivity contribution in [1.82, 2.24) is 19.9 Å². The van der Waals surface area contributed by atoms with Crippen molar-refractivity contribution in [3.05, 3.63) is 34.8 Å². The minimum absolute atomic E-state index is 0.0743. The molecule has 8 heteroatoms. The summed E-state index contributed by atoms with van der Waals surface area (Å²) in [6.07, 6.45) is 3.72. The Bertz CT molecular complexity index is 613. The molecule has 0 radical (unpaired) electrons. The molecule has 2 atom stereocenters. The van der Waals surface area contributed by atoms with E-state index in [2.05, 4.69) is 15.3 Å². The lowest BCUT2D eigenvalue weighted by Crippen LogP contribution is -2.50. The summed E-state index contributed by atoms with van der Waals surface area (Å²) in [5.74, 6) is -0.144. The molecule has 1 N–H and O–H groups in total. The highest BCUT2D eigenvalue weighted by molar-refractivity contribution is 7.07. The number of carbonyl (C=O) groups is 1. The van der Waals surface area contributed by atoms with Crippen LogP contribution >= 0.6 is 11.3 Å². The molecule has 1 aliphatic heterocycles. The van der Waals surface area contributed by atoms with Crippen LogP contribution in [0.4, 0.5) is 0 Å². The molecule has 0 spiro atoms. The number of ether oxygens (including phenoxy) is 2. The Morgan fingerprint density at radius 3 is 3.27 bits per heavy atom. The minimum Gasteiger partial charge on any atom is -0.379 e. The molecule has 3 rings (SSSR count). The van der Waals surface area contributed by atoms with E-state index in [4.69, 9.17) is 9.47 Å². The molecule has 7 nitrogen and oxygen atoms in total. The first-order valence-corrected chi connectivity index (χ1v) is 8.02. The topological polar surface area (TPSA) is 78.3 Å². The van der Waals surface area contributed by atoms with Crippen LogP contribution in [0.25, 0.3) is 0 Å². The monoisotopic (exact) mass is 322 g/mol. The molecular formula is C14H18N4O3S. The fourth-order valence-electron chi connectivity index (χ4n) is 2.36. The summed E-state index contributed by atoms with van der Waals surface area (Å²) in [7, 11) is 1.79. The van der Waals surface area contributed by atoms with Crippen LogP contribution in [0.15, 0.2) is 23.4 Å². The van der Waals surface area contributed by atoms with Gasteiger partial charge in [0.25, 0.3) is 5.91 Å². The lowest BCUT2D eigenvalue weighted by molar-refractivity contribution is -0.0742. The molecule has 0 unspecified atom stereocenters. The summed E-state index contributed by atoms with van der Waals surface area (Å²) in [4.78, 5) is 20.5. The van der Waals surface area contributed by atoms with Gasteiger partial charge in [0.2, 0.25) is 0 Å². The zero-order valence-corrected chi connectivity index (χ0v) is 13.1. The molecule has 0 bridgehead atoms. The number of aryl methyl sites for hydroxylation is 1. The number of hydrogen-bond acceptors (Lipinski definition) is 6. The summed E-state index contributed by atoms with van der Waals surface area (Å²) >= 11 is 1.54.